The first-order valence-electron chi connectivity index (χ1n) is 6.99. The molecule has 0 radical (unpaired) electrons. The zero-order chi connectivity index (χ0) is 12.6. The van der Waals surface area contributed by atoms with Gasteiger partial charge in [0.15, 0.2) is 0 Å². The van der Waals surface area contributed by atoms with Crippen molar-refractivity contribution in [1.29, 1.82) is 0 Å². The van der Waals surface area contributed by atoms with Crippen molar-refractivity contribution in [1.82, 2.24) is 10.2 Å². The molecule has 3 nitrogen and oxygen atoms in total. The molecule has 2 atom stereocenters. The number of nitrogens with one attached hydrogen (secondary N) is 1. The molecule has 17 heavy (non-hydrogen) atoms. The van der Waals surface area contributed by atoms with Crippen LogP contribution in [0.25, 0.3) is 0 Å². The predicted molar refractivity (Wildman–Crippen MR) is 69.8 cm³/mol. The Labute approximate surface area is 105 Å². The summed E-state index contributed by atoms with van der Waals surface area (Å²) in [6.07, 6.45) is 4.88. The second-order valence-corrected chi connectivity index (χ2v) is 6.60. The lowest BCUT2D eigenvalue weighted by atomic mass is 9.91. The molecular weight excluding hydrogens is 212 g/mol. The summed E-state index contributed by atoms with van der Waals surface area (Å²) in [5.41, 5.74) is -0.250. The van der Waals surface area contributed by atoms with Gasteiger partial charge in [-0.05, 0) is 32.6 Å². The first kappa shape index (κ1) is 12.9. The van der Waals surface area contributed by atoms with E-state index in [4.69, 9.17) is 0 Å². The molecule has 0 spiro atoms. The van der Waals surface area contributed by atoms with Gasteiger partial charge in [0, 0.05) is 30.1 Å². The van der Waals surface area contributed by atoms with Gasteiger partial charge in [-0.2, -0.15) is 0 Å². The van der Waals surface area contributed by atoms with E-state index in [9.17, 15) is 4.79 Å². The van der Waals surface area contributed by atoms with E-state index in [0.717, 1.165) is 19.4 Å². The molecule has 0 saturated carbocycles. The molecule has 0 aliphatic carbocycles. The highest BCUT2D eigenvalue weighted by atomic mass is 16.2. The van der Waals surface area contributed by atoms with Crippen LogP contribution in [0.1, 0.15) is 53.4 Å². The molecule has 2 aliphatic rings. The van der Waals surface area contributed by atoms with Crippen LogP contribution >= 0.6 is 0 Å². The number of carbonyl (C=O) groups excluding carboxylic acids is 1. The lowest BCUT2D eigenvalue weighted by Crippen LogP contribution is -2.52. The lowest BCUT2D eigenvalue weighted by Gasteiger charge is -2.40. The summed E-state index contributed by atoms with van der Waals surface area (Å²) in [6.45, 7) is 9.02. The molecule has 0 aromatic rings. The van der Waals surface area contributed by atoms with Crippen LogP contribution in [-0.4, -0.2) is 35.5 Å². The highest BCUT2D eigenvalue weighted by molar-refractivity contribution is 5.81. The second kappa shape index (κ2) is 4.60. The molecule has 98 valence electrons. The number of nitrogens with zero attached hydrogens (tertiary/aromatic N) is 1. The van der Waals surface area contributed by atoms with Crippen molar-refractivity contribution >= 4 is 5.91 Å². The fourth-order valence-electron chi connectivity index (χ4n) is 3.28. The Kier molecular flexibility index (Phi) is 3.48. The topological polar surface area (TPSA) is 32.3 Å². The van der Waals surface area contributed by atoms with Gasteiger partial charge in [0.2, 0.25) is 5.91 Å². The fraction of sp³-hybridized carbons (Fsp3) is 0.929. The van der Waals surface area contributed by atoms with Gasteiger partial charge in [0.25, 0.3) is 0 Å². The average Bonchev–Trinajstić information content (AvgIpc) is 2.57. The van der Waals surface area contributed by atoms with Crippen molar-refractivity contribution in [3.05, 3.63) is 0 Å². The smallest absolute Gasteiger partial charge is 0.228 e. The van der Waals surface area contributed by atoms with Crippen LogP contribution in [0, 0.1) is 5.41 Å². The summed E-state index contributed by atoms with van der Waals surface area (Å²) in [5, 5.41) is 3.64. The van der Waals surface area contributed by atoms with Gasteiger partial charge in [-0.25, -0.2) is 0 Å². The molecule has 2 rings (SSSR count). The van der Waals surface area contributed by atoms with Gasteiger partial charge in [-0.1, -0.05) is 20.8 Å². The van der Waals surface area contributed by atoms with Gasteiger partial charge < -0.3 is 10.2 Å². The minimum atomic E-state index is -0.250. The number of piperidine rings is 1. The van der Waals surface area contributed by atoms with E-state index in [1.54, 1.807) is 0 Å². The van der Waals surface area contributed by atoms with Crippen molar-refractivity contribution < 1.29 is 4.79 Å². The zero-order valence-corrected chi connectivity index (χ0v) is 11.6. The van der Waals surface area contributed by atoms with Gasteiger partial charge in [-0.3, -0.25) is 4.79 Å². The largest absolute Gasteiger partial charge is 0.339 e. The Morgan fingerprint density at radius 2 is 1.76 bits per heavy atom. The number of rotatable bonds is 2. The Balaban J connectivity index is 2.06. The molecule has 2 bridgehead atoms. The van der Waals surface area contributed by atoms with Gasteiger partial charge in [-0.15, -0.1) is 0 Å². The second-order valence-electron chi connectivity index (χ2n) is 6.60. The summed E-state index contributed by atoms with van der Waals surface area (Å²) in [4.78, 5) is 14.6. The number of amides is 1. The van der Waals surface area contributed by atoms with Crippen molar-refractivity contribution in [2.45, 2.75) is 71.5 Å². The number of carbonyl (C=O) groups is 1. The highest BCUT2D eigenvalue weighted by Gasteiger charge is 2.39. The van der Waals surface area contributed by atoms with E-state index in [1.807, 2.05) is 20.8 Å². The number of hydrogen-bond acceptors (Lipinski definition) is 2. The van der Waals surface area contributed by atoms with Crippen molar-refractivity contribution in [3.63, 3.8) is 0 Å². The maximum atomic E-state index is 12.4. The maximum absolute atomic E-state index is 12.4. The van der Waals surface area contributed by atoms with Crippen LogP contribution in [0.2, 0.25) is 0 Å². The highest BCUT2D eigenvalue weighted by Crippen LogP contribution is 2.31. The molecule has 2 saturated heterocycles. The summed E-state index contributed by atoms with van der Waals surface area (Å²) in [7, 11) is 0. The van der Waals surface area contributed by atoms with Crippen LogP contribution in [0.15, 0.2) is 0 Å². The first-order chi connectivity index (χ1) is 7.91. The molecule has 2 unspecified atom stereocenters. The van der Waals surface area contributed by atoms with Gasteiger partial charge >= 0.3 is 0 Å². The summed E-state index contributed by atoms with van der Waals surface area (Å²) >= 11 is 0. The minimum absolute atomic E-state index is 0.250. The molecule has 2 heterocycles. The standard InChI is InChI=1S/C14H26N2O/c1-5-16(13(17)14(2,3)4)12-8-10-6-7-11(9-12)15-10/h10-12,15H,5-9H2,1-4H3. The third-order valence-electron chi connectivity index (χ3n) is 4.13. The molecule has 2 fully saturated rings. The molecular formula is C14H26N2O. The minimum Gasteiger partial charge on any atom is -0.339 e. The molecule has 0 aromatic heterocycles. The lowest BCUT2D eigenvalue weighted by molar-refractivity contribution is -0.142. The van der Waals surface area contributed by atoms with Crippen LogP contribution in [-0.2, 0) is 4.79 Å². The van der Waals surface area contributed by atoms with E-state index in [0.29, 0.717) is 24.0 Å². The predicted octanol–water partition coefficient (Wildman–Crippen LogP) is 2.16. The van der Waals surface area contributed by atoms with Crippen molar-refractivity contribution in [2.24, 2.45) is 5.41 Å². The van der Waals surface area contributed by atoms with E-state index in [1.165, 1.54) is 12.8 Å². The Hall–Kier alpha value is -0.570. The Morgan fingerprint density at radius 1 is 1.24 bits per heavy atom. The van der Waals surface area contributed by atoms with E-state index in [2.05, 4.69) is 17.1 Å². The maximum Gasteiger partial charge on any atom is 0.228 e. The van der Waals surface area contributed by atoms with Crippen LogP contribution in [0.3, 0.4) is 0 Å². The average molecular weight is 238 g/mol. The molecule has 1 N–H and O–H groups in total. The summed E-state index contributed by atoms with van der Waals surface area (Å²) in [5.74, 6) is 0.311. The normalized spacial score (nSPS) is 32.6. The number of fused-ring (bicyclic) bond motifs is 2. The number of hydrogen-bond donors (Lipinski definition) is 1. The molecule has 2 aliphatic heterocycles. The first-order valence-corrected chi connectivity index (χ1v) is 6.99. The third kappa shape index (κ3) is 2.65. The summed E-state index contributed by atoms with van der Waals surface area (Å²) < 4.78 is 0. The fourth-order valence-corrected chi connectivity index (χ4v) is 3.28. The summed E-state index contributed by atoms with van der Waals surface area (Å²) in [6, 6.07) is 1.77. The monoisotopic (exact) mass is 238 g/mol. The molecule has 1 amide bonds. The van der Waals surface area contributed by atoms with Gasteiger partial charge in [0.1, 0.15) is 0 Å². The van der Waals surface area contributed by atoms with E-state index >= 15 is 0 Å². The van der Waals surface area contributed by atoms with E-state index < -0.39 is 0 Å². The SMILES string of the molecule is CCN(C(=O)C(C)(C)C)C1CC2CCC(C1)N2. The van der Waals surface area contributed by atoms with E-state index in [-0.39, 0.29) is 5.41 Å². The van der Waals surface area contributed by atoms with Crippen molar-refractivity contribution in [3.8, 4) is 0 Å². The zero-order valence-electron chi connectivity index (χ0n) is 11.6. The van der Waals surface area contributed by atoms with Crippen LogP contribution in [0.4, 0.5) is 0 Å². The van der Waals surface area contributed by atoms with Crippen molar-refractivity contribution in [2.75, 3.05) is 6.54 Å². The Bertz CT molecular complexity index is 283. The van der Waals surface area contributed by atoms with Crippen LogP contribution in [0.5, 0.6) is 0 Å². The quantitative estimate of drug-likeness (QED) is 0.799. The molecule has 0 aromatic carbocycles. The Morgan fingerprint density at radius 3 is 2.18 bits per heavy atom. The van der Waals surface area contributed by atoms with Crippen LogP contribution < -0.4 is 5.32 Å². The van der Waals surface area contributed by atoms with Gasteiger partial charge in [0.05, 0.1) is 0 Å². The third-order valence-corrected chi connectivity index (χ3v) is 4.13. The molecule has 3 heteroatoms.